The molecule has 1 fully saturated rings. The zero-order valence-electron chi connectivity index (χ0n) is 12.2. The van der Waals surface area contributed by atoms with Gasteiger partial charge in [0.1, 0.15) is 0 Å². The maximum atomic E-state index is 12.0. The number of thioether (sulfide) groups is 1. The Balaban J connectivity index is 1.79. The molecule has 1 heterocycles. The van der Waals surface area contributed by atoms with Crippen molar-refractivity contribution in [3.63, 3.8) is 0 Å². The molecule has 4 heteroatoms. The molecule has 0 radical (unpaired) electrons. The molecular formula is C18H16N2OS. The molecule has 0 unspecified atom stereocenters. The first-order valence-corrected chi connectivity index (χ1v) is 8.00. The van der Waals surface area contributed by atoms with Crippen molar-refractivity contribution < 1.29 is 4.79 Å². The van der Waals surface area contributed by atoms with Gasteiger partial charge >= 0.3 is 0 Å². The van der Waals surface area contributed by atoms with E-state index in [2.05, 4.69) is 29.4 Å². The average molecular weight is 308 g/mol. The summed E-state index contributed by atoms with van der Waals surface area (Å²) in [5, 5.41) is 3.42. The maximum Gasteiger partial charge on any atom is 0.264 e. The second-order valence-electron chi connectivity index (χ2n) is 4.91. The van der Waals surface area contributed by atoms with Gasteiger partial charge in [-0.15, -0.1) is 0 Å². The summed E-state index contributed by atoms with van der Waals surface area (Å²) >= 11 is 1.37. The molecular weight excluding hydrogens is 292 g/mol. The van der Waals surface area contributed by atoms with Gasteiger partial charge in [0.05, 0.1) is 10.6 Å². The third-order valence-corrected chi connectivity index (χ3v) is 4.23. The maximum absolute atomic E-state index is 12.0. The van der Waals surface area contributed by atoms with Crippen molar-refractivity contribution in [2.45, 2.75) is 13.3 Å². The summed E-state index contributed by atoms with van der Waals surface area (Å²) in [6.07, 6.45) is 2.91. The fraction of sp³-hybridized carbons (Fsp3) is 0.111. The Kier molecular flexibility index (Phi) is 4.39. The molecule has 22 heavy (non-hydrogen) atoms. The lowest BCUT2D eigenvalue weighted by Crippen LogP contribution is -2.19. The lowest BCUT2D eigenvalue weighted by molar-refractivity contribution is -0.115. The highest BCUT2D eigenvalue weighted by Crippen LogP contribution is 2.27. The Hall–Kier alpha value is -2.33. The third kappa shape index (κ3) is 3.46. The van der Waals surface area contributed by atoms with Crippen LogP contribution in [0.15, 0.2) is 64.5 Å². The molecule has 0 spiro atoms. The van der Waals surface area contributed by atoms with E-state index in [1.807, 2.05) is 48.5 Å². The van der Waals surface area contributed by atoms with Crippen molar-refractivity contribution in [2.75, 3.05) is 0 Å². The van der Waals surface area contributed by atoms with E-state index in [9.17, 15) is 4.79 Å². The van der Waals surface area contributed by atoms with E-state index in [0.29, 0.717) is 10.1 Å². The number of aliphatic imine (C=N–C) groups is 1. The predicted octanol–water partition coefficient (Wildman–Crippen LogP) is 4.14. The number of amidine groups is 1. The second-order valence-corrected chi connectivity index (χ2v) is 5.94. The lowest BCUT2D eigenvalue weighted by atomic mass is 10.1. The minimum absolute atomic E-state index is 0.0979. The van der Waals surface area contributed by atoms with Crippen LogP contribution in [0.5, 0.6) is 0 Å². The molecule has 3 nitrogen and oxygen atoms in total. The number of nitrogens with zero attached hydrogens (tertiary/aromatic N) is 1. The van der Waals surface area contributed by atoms with Gasteiger partial charge in [0, 0.05) is 0 Å². The molecule has 0 atom stereocenters. The number of aryl methyl sites for hydroxylation is 1. The van der Waals surface area contributed by atoms with Crippen LogP contribution in [-0.4, -0.2) is 11.1 Å². The summed E-state index contributed by atoms with van der Waals surface area (Å²) in [6, 6.07) is 17.8. The first kappa shape index (κ1) is 14.6. The standard InChI is InChI=1S/C18H16N2OS/c1-2-13-8-10-14(11-9-13)12-16-17(21)20-18(22-16)19-15-6-4-3-5-7-15/h3-12H,2H2,1H3,(H,19,20,21)/b16-12+. The molecule has 2 aromatic carbocycles. The van der Waals surface area contributed by atoms with Crippen LogP contribution in [0.4, 0.5) is 5.69 Å². The Labute approximate surface area is 134 Å². The van der Waals surface area contributed by atoms with Gasteiger partial charge in [-0.3, -0.25) is 4.79 Å². The average Bonchev–Trinajstić information content (AvgIpc) is 2.88. The van der Waals surface area contributed by atoms with Gasteiger partial charge in [0.25, 0.3) is 5.91 Å². The van der Waals surface area contributed by atoms with E-state index >= 15 is 0 Å². The summed E-state index contributed by atoms with van der Waals surface area (Å²) in [5.74, 6) is -0.0979. The van der Waals surface area contributed by atoms with Crippen LogP contribution >= 0.6 is 11.8 Å². The number of benzene rings is 2. The van der Waals surface area contributed by atoms with E-state index in [1.165, 1.54) is 17.3 Å². The van der Waals surface area contributed by atoms with Gasteiger partial charge in [0.15, 0.2) is 5.17 Å². The van der Waals surface area contributed by atoms with Crippen LogP contribution in [-0.2, 0) is 11.2 Å². The zero-order valence-corrected chi connectivity index (χ0v) is 13.1. The smallest absolute Gasteiger partial charge is 0.264 e. The minimum Gasteiger partial charge on any atom is -0.300 e. The number of hydrogen-bond donors (Lipinski definition) is 1. The Morgan fingerprint density at radius 1 is 1.09 bits per heavy atom. The fourth-order valence-corrected chi connectivity index (χ4v) is 2.94. The van der Waals surface area contributed by atoms with Gasteiger partial charge in [0.2, 0.25) is 0 Å². The van der Waals surface area contributed by atoms with Crippen molar-refractivity contribution in [3.8, 4) is 0 Å². The lowest BCUT2D eigenvalue weighted by Gasteiger charge is -1.98. The van der Waals surface area contributed by atoms with Crippen LogP contribution in [0.25, 0.3) is 6.08 Å². The van der Waals surface area contributed by atoms with Gasteiger partial charge in [-0.2, -0.15) is 0 Å². The molecule has 0 aromatic heterocycles. The third-order valence-electron chi connectivity index (χ3n) is 3.32. The summed E-state index contributed by atoms with van der Waals surface area (Å²) < 4.78 is 0. The predicted molar refractivity (Wildman–Crippen MR) is 93.1 cm³/mol. The molecule has 1 N–H and O–H groups in total. The molecule has 2 aromatic rings. The molecule has 0 bridgehead atoms. The molecule has 1 aliphatic rings. The van der Waals surface area contributed by atoms with Crippen LogP contribution in [0.3, 0.4) is 0 Å². The van der Waals surface area contributed by atoms with E-state index in [1.54, 1.807) is 0 Å². The van der Waals surface area contributed by atoms with E-state index in [0.717, 1.165) is 17.7 Å². The highest BCUT2D eigenvalue weighted by molar-refractivity contribution is 8.18. The van der Waals surface area contributed by atoms with Gasteiger partial charge in [-0.25, -0.2) is 4.99 Å². The Bertz CT molecular complexity index is 733. The molecule has 1 aliphatic heterocycles. The first-order chi connectivity index (χ1) is 10.7. The molecule has 0 aliphatic carbocycles. The van der Waals surface area contributed by atoms with Crippen molar-refractivity contribution >= 4 is 34.6 Å². The van der Waals surface area contributed by atoms with E-state index < -0.39 is 0 Å². The second kappa shape index (κ2) is 6.62. The number of nitrogens with one attached hydrogen (secondary N) is 1. The first-order valence-electron chi connectivity index (χ1n) is 7.18. The number of carbonyl (C=O) groups excluding carboxylic acids is 1. The highest BCUT2D eigenvalue weighted by atomic mass is 32.2. The summed E-state index contributed by atoms with van der Waals surface area (Å²) in [5.41, 5.74) is 3.15. The summed E-state index contributed by atoms with van der Waals surface area (Å²) in [6.45, 7) is 2.13. The number of hydrogen-bond acceptors (Lipinski definition) is 3. The number of carbonyl (C=O) groups is 1. The number of rotatable bonds is 3. The van der Waals surface area contributed by atoms with Crippen molar-refractivity contribution in [1.29, 1.82) is 0 Å². The highest BCUT2D eigenvalue weighted by Gasteiger charge is 2.23. The van der Waals surface area contributed by atoms with Crippen molar-refractivity contribution in [3.05, 3.63) is 70.6 Å². The van der Waals surface area contributed by atoms with Crippen LogP contribution in [0, 0.1) is 0 Å². The van der Waals surface area contributed by atoms with E-state index in [4.69, 9.17) is 0 Å². The fourth-order valence-electron chi connectivity index (χ4n) is 2.10. The van der Waals surface area contributed by atoms with Gasteiger partial charge in [-0.05, 0) is 47.5 Å². The Morgan fingerprint density at radius 2 is 1.82 bits per heavy atom. The minimum atomic E-state index is -0.0979. The summed E-state index contributed by atoms with van der Waals surface area (Å²) in [4.78, 5) is 17.1. The van der Waals surface area contributed by atoms with Crippen LogP contribution in [0.1, 0.15) is 18.1 Å². The monoisotopic (exact) mass is 308 g/mol. The number of para-hydroxylation sites is 1. The molecule has 0 saturated carbocycles. The van der Waals surface area contributed by atoms with Gasteiger partial charge in [-0.1, -0.05) is 49.4 Å². The topological polar surface area (TPSA) is 41.5 Å². The Morgan fingerprint density at radius 3 is 2.50 bits per heavy atom. The quantitative estimate of drug-likeness (QED) is 0.866. The normalized spacial score (nSPS) is 18.0. The molecule has 3 rings (SSSR count). The van der Waals surface area contributed by atoms with Crippen molar-refractivity contribution in [2.24, 2.45) is 4.99 Å². The van der Waals surface area contributed by atoms with E-state index in [-0.39, 0.29) is 5.91 Å². The van der Waals surface area contributed by atoms with Gasteiger partial charge < -0.3 is 5.32 Å². The van der Waals surface area contributed by atoms with Crippen LogP contribution < -0.4 is 5.32 Å². The molecule has 110 valence electrons. The zero-order chi connectivity index (χ0) is 15.4. The molecule has 1 saturated heterocycles. The largest absolute Gasteiger partial charge is 0.300 e. The summed E-state index contributed by atoms with van der Waals surface area (Å²) in [7, 11) is 0. The number of amides is 1. The van der Waals surface area contributed by atoms with Crippen molar-refractivity contribution in [1.82, 2.24) is 5.32 Å². The SMILES string of the molecule is CCc1ccc(/C=C2/SC(=Nc3ccccc3)NC2=O)cc1. The van der Waals surface area contributed by atoms with Crippen LogP contribution in [0.2, 0.25) is 0 Å². The molecule has 1 amide bonds.